The maximum atomic E-state index is 11.6. The first-order chi connectivity index (χ1) is 7.83. The number of ether oxygens (including phenoxy) is 2. The number of hydrogen-bond donors (Lipinski definition) is 0. The Balaban J connectivity index is 2.14. The summed E-state index contributed by atoms with van der Waals surface area (Å²) in [6, 6.07) is 0. The quantitative estimate of drug-likeness (QED) is 0.744. The number of anilines is 1. The minimum atomic E-state index is -0.342. The molecule has 88 valence electrons. The lowest BCUT2D eigenvalue weighted by Crippen LogP contribution is -2.36. The Labute approximate surface area is 98.0 Å². The van der Waals surface area contributed by atoms with E-state index in [4.69, 9.17) is 9.47 Å². The van der Waals surface area contributed by atoms with Crippen LogP contribution < -0.4 is 4.90 Å². The van der Waals surface area contributed by atoms with E-state index in [9.17, 15) is 4.79 Å². The molecule has 1 saturated heterocycles. The molecule has 0 bridgehead atoms. The first-order valence-electron chi connectivity index (χ1n) is 5.26. The first kappa shape index (κ1) is 11.3. The lowest BCUT2D eigenvalue weighted by molar-refractivity contribution is 0.0520. The van der Waals surface area contributed by atoms with Crippen molar-refractivity contribution in [2.45, 2.75) is 6.92 Å². The van der Waals surface area contributed by atoms with E-state index < -0.39 is 0 Å². The monoisotopic (exact) mass is 242 g/mol. The molecule has 1 aromatic heterocycles. The summed E-state index contributed by atoms with van der Waals surface area (Å²) in [7, 11) is 0. The Hall–Kier alpha value is -1.14. The molecule has 5 nitrogen and oxygen atoms in total. The van der Waals surface area contributed by atoms with Gasteiger partial charge in [0.2, 0.25) is 0 Å². The van der Waals surface area contributed by atoms with E-state index in [0.29, 0.717) is 25.5 Å². The van der Waals surface area contributed by atoms with Gasteiger partial charge in [0, 0.05) is 13.1 Å². The number of hydrogen-bond acceptors (Lipinski definition) is 6. The topological polar surface area (TPSA) is 51.7 Å². The number of aromatic nitrogens is 1. The predicted octanol–water partition coefficient (Wildman–Crippen LogP) is 1.16. The van der Waals surface area contributed by atoms with Crippen LogP contribution in [-0.2, 0) is 9.47 Å². The van der Waals surface area contributed by atoms with Gasteiger partial charge in [-0.2, -0.15) is 0 Å². The third kappa shape index (κ3) is 2.33. The summed E-state index contributed by atoms with van der Waals surface area (Å²) >= 11 is 1.47. The lowest BCUT2D eigenvalue weighted by atomic mass is 10.4. The molecule has 1 aliphatic rings. The van der Waals surface area contributed by atoms with Crippen molar-refractivity contribution < 1.29 is 14.3 Å². The van der Waals surface area contributed by atoms with Crippen LogP contribution in [-0.4, -0.2) is 43.9 Å². The van der Waals surface area contributed by atoms with Gasteiger partial charge in [-0.1, -0.05) is 0 Å². The highest BCUT2D eigenvalue weighted by atomic mass is 32.1. The fourth-order valence-electron chi connectivity index (χ4n) is 1.57. The van der Waals surface area contributed by atoms with Gasteiger partial charge in [0.05, 0.1) is 25.3 Å². The van der Waals surface area contributed by atoms with Gasteiger partial charge in [0.15, 0.2) is 5.69 Å². The van der Waals surface area contributed by atoms with Crippen molar-refractivity contribution in [2.24, 2.45) is 0 Å². The van der Waals surface area contributed by atoms with E-state index in [2.05, 4.69) is 9.88 Å². The Morgan fingerprint density at radius 2 is 2.38 bits per heavy atom. The van der Waals surface area contributed by atoms with Crippen LogP contribution in [0.1, 0.15) is 17.4 Å². The van der Waals surface area contributed by atoms with Crippen LogP contribution in [0.5, 0.6) is 0 Å². The second kappa shape index (κ2) is 5.27. The second-order valence-electron chi connectivity index (χ2n) is 3.33. The lowest BCUT2D eigenvalue weighted by Gasteiger charge is -2.27. The van der Waals surface area contributed by atoms with Crippen LogP contribution in [0.15, 0.2) is 5.51 Å². The standard InChI is InChI=1S/C10H14N2O3S/c1-2-15-10(13)8-9(16-7-11-8)12-3-5-14-6-4-12/h7H,2-6H2,1H3. The number of thiazole rings is 1. The van der Waals surface area contributed by atoms with Crippen molar-refractivity contribution in [1.82, 2.24) is 4.98 Å². The van der Waals surface area contributed by atoms with E-state index >= 15 is 0 Å². The summed E-state index contributed by atoms with van der Waals surface area (Å²) in [5.41, 5.74) is 2.10. The van der Waals surface area contributed by atoms with E-state index in [1.54, 1.807) is 12.4 Å². The number of carbonyl (C=O) groups excluding carboxylic acids is 1. The molecule has 1 fully saturated rings. The van der Waals surface area contributed by atoms with Crippen molar-refractivity contribution in [3.05, 3.63) is 11.2 Å². The van der Waals surface area contributed by atoms with E-state index in [-0.39, 0.29) is 5.97 Å². The maximum absolute atomic E-state index is 11.6. The fourth-order valence-corrected chi connectivity index (χ4v) is 2.41. The summed E-state index contributed by atoms with van der Waals surface area (Å²) in [6.07, 6.45) is 0. The number of carbonyl (C=O) groups is 1. The number of esters is 1. The number of morpholine rings is 1. The summed E-state index contributed by atoms with van der Waals surface area (Å²) in [5, 5.41) is 0.891. The average Bonchev–Trinajstić information content (AvgIpc) is 2.79. The summed E-state index contributed by atoms with van der Waals surface area (Å²) in [5.74, 6) is -0.342. The van der Waals surface area contributed by atoms with Crippen molar-refractivity contribution in [2.75, 3.05) is 37.8 Å². The van der Waals surface area contributed by atoms with Crippen LogP contribution in [0.25, 0.3) is 0 Å². The average molecular weight is 242 g/mol. The maximum Gasteiger partial charge on any atom is 0.360 e. The third-order valence-corrected chi connectivity index (χ3v) is 3.20. The molecule has 0 N–H and O–H groups in total. The van der Waals surface area contributed by atoms with Crippen molar-refractivity contribution in [3.63, 3.8) is 0 Å². The van der Waals surface area contributed by atoms with Gasteiger partial charge in [0.1, 0.15) is 5.00 Å². The van der Waals surface area contributed by atoms with Gasteiger partial charge < -0.3 is 14.4 Å². The van der Waals surface area contributed by atoms with E-state index in [1.165, 1.54) is 11.3 Å². The minimum absolute atomic E-state index is 0.342. The highest BCUT2D eigenvalue weighted by Gasteiger charge is 2.22. The van der Waals surface area contributed by atoms with Gasteiger partial charge in [0.25, 0.3) is 0 Å². The smallest absolute Gasteiger partial charge is 0.360 e. The summed E-state index contributed by atoms with van der Waals surface area (Å²) in [4.78, 5) is 17.8. The summed E-state index contributed by atoms with van der Waals surface area (Å²) in [6.45, 7) is 5.15. The number of nitrogens with zero attached hydrogens (tertiary/aromatic N) is 2. The molecule has 0 amide bonds. The van der Waals surface area contributed by atoms with Crippen LogP contribution >= 0.6 is 11.3 Å². The van der Waals surface area contributed by atoms with Gasteiger partial charge in [-0.25, -0.2) is 9.78 Å². The van der Waals surface area contributed by atoms with Crippen LogP contribution in [0.2, 0.25) is 0 Å². The molecule has 0 radical (unpaired) electrons. The molecule has 0 atom stereocenters. The van der Waals surface area contributed by atoms with Gasteiger partial charge >= 0.3 is 5.97 Å². The molecule has 0 spiro atoms. The number of rotatable bonds is 3. The highest BCUT2D eigenvalue weighted by Crippen LogP contribution is 2.26. The Kier molecular flexibility index (Phi) is 3.74. The zero-order valence-corrected chi connectivity index (χ0v) is 9.96. The molecule has 2 heterocycles. The minimum Gasteiger partial charge on any atom is -0.461 e. The van der Waals surface area contributed by atoms with Crippen molar-refractivity contribution in [1.29, 1.82) is 0 Å². The van der Waals surface area contributed by atoms with Crippen molar-refractivity contribution >= 4 is 22.3 Å². The molecule has 1 aromatic rings. The molecule has 16 heavy (non-hydrogen) atoms. The third-order valence-electron chi connectivity index (χ3n) is 2.32. The molecule has 0 aliphatic carbocycles. The molecular formula is C10H14N2O3S. The second-order valence-corrected chi connectivity index (χ2v) is 4.16. The van der Waals surface area contributed by atoms with Gasteiger partial charge in [-0.05, 0) is 6.92 Å². The Morgan fingerprint density at radius 3 is 3.06 bits per heavy atom. The zero-order valence-electron chi connectivity index (χ0n) is 9.14. The normalized spacial score (nSPS) is 16.2. The summed E-state index contributed by atoms with van der Waals surface area (Å²) < 4.78 is 10.2. The largest absolute Gasteiger partial charge is 0.461 e. The predicted molar refractivity (Wildman–Crippen MR) is 61.1 cm³/mol. The molecule has 0 unspecified atom stereocenters. The SMILES string of the molecule is CCOC(=O)c1ncsc1N1CCOCC1. The van der Waals surface area contributed by atoms with Crippen LogP contribution in [0.3, 0.4) is 0 Å². The van der Waals surface area contributed by atoms with E-state index in [0.717, 1.165) is 18.1 Å². The highest BCUT2D eigenvalue weighted by molar-refractivity contribution is 7.14. The van der Waals surface area contributed by atoms with Crippen molar-refractivity contribution in [3.8, 4) is 0 Å². The van der Waals surface area contributed by atoms with Gasteiger partial charge in [-0.15, -0.1) is 11.3 Å². The molecule has 1 aliphatic heterocycles. The molecule has 0 aromatic carbocycles. The Bertz CT molecular complexity index is 361. The van der Waals surface area contributed by atoms with E-state index in [1.807, 2.05) is 0 Å². The molecule has 6 heteroatoms. The van der Waals surface area contributed by atoms with Crippen LogP contribution in [0.4, 0.5) is 5.00 Å². The Morgan fingerprint density at radius 1 is 1.62 bits per heavy atom. The fraction of sp³-hybridized carbons (Fsp3) is 0.600. The van der Waals surface area contributed by atoms with Crippen LogP contribution in [0, 0.1) is 0 Å². The van der Waals surface area contributed by atoms with Gasteiger partial charge in [-0.3, -0.25) is 0 Å². The molecule has 2 rings (SSSR count). The first-order valence-corrected chi connectivity index (χ1v) is 6.14. The molecular weight excluding hydrogens is 228 g/mol. The zero-order chi connectivity index (χ0) is 11.4. The molecule has 0 saturated carbocycles.